The maximum Gasteiger partial charge on any atom is 0.0808 e. The van der Waals surface area contributed by atoms with Gasteiger partial charge in [-0.25, -0.2) is 0 Å². The first kappa shape index (κ1) is 21.9. The van der Waals surface area contributed by atoms with Gasteiger partial charge in [-0.2, -0.15) is 0 Å². The molecule has 0 aromatic heterocycles. The van der Waals surface area contributed by atoms with Crippen molar-refractivity contribution in [2.45, 2.75) is 77.7 Å². The average molecular weight is 370 g/mol. The van der Waals surface area contributed by atoms with E-state index in [0.717, 1.165) is 18.5 Å². The van der Waals surface area contributed by atoms with Crippen LogP contribution in [0.25, 0.3) is 10.8 Å². The summed E-state index contributed by atoms with van der Waals surface area (Å²) in [5.41, 5.74) is 1.07. The number of rotatable bonds is 14. The summed E-state index contributed by atoms with van der Waals surface area (Å²) in [6.07, 6.45) is 10.9. The van der Waals surface area contributed by atoms with Gasteiger partial charge in [0.1, 0.15) is 0 Å². The van der Waals surface area contributed by atoms with E-state index in [1.807, 2.05) is 0 Å². The third-order valence-corrected chi connectivity index (χ3v) is 5.56. The molecule has 0 spiro atoms. The van der Waals surface area contributed by atoms with Crippen LogP contribution >= 0.6 is 0 Å². The second kappa shape index (κ2) is 12.9. The smallest absolute Gasteiger partial charge is 0.0808 e. The lowest BCUT2D eigenvalue weighted by Gasteiger charge is -2.24. The van der Waals surface area contributed by atoms with Gasteiger partial charge >= 0.3 is 0 Å². The molecule has 0 aliphatic rings. The maximum absolute atomic E-state index is 10.9. The Balaban J connectivity index is 1.90. The predicted molar refractivity (Wildman–Crippen MR) is 118 cm³/mol. The first-order chi connectivity index (χ1) is 13.3. The molecule has 1 N–H and O–H groups in total. The highest BCUT2D eigenvalue weighted by Crippen LogP contribution is 2.26. The molecule has 1 unspecified atom stereocenters. The van der Waals surface area contributed by atoms with Crippen LogP contribution in [0.15, 0.2) is 42.5 Å². The summed E-state index contributed by atoms with van der Waals surface area (Å²) in [6.45, 7) is 7.87. The van der Waals surface area contributed by atoms with Crippen molar-refractivity contribution in [1.29, 1.82) is 0 Å². The van der Waals surface area contributed by atoms with Gasteiger partial charge in [-0.1, -0.05) is 94.8 Å². The van der Waals surface area contributed by atoms with Crippen molar-refractivity contribution in [3.05, 3.63) is 48.0 Å². The van der Waals surface area contributed by atoms with Crippen molar-refractivity contribution in [2.75, 3.05) is 19.6 Å². The van der Waals surface area contributed by atoms with Crippen molar-refractivity contribution in [2.24, 2.45) is 0 Å². The molecule has 1 atom stereocenters. The molecule has 0 heterocycles. The molecular weight excluding hydrogens is 330 g/mol. The number of fused-ring (bicyclic) bond motifs is 1. The van der Waals surface area contributed by atoms with Crippen LogP contribution in [-0.4, -0.2) is 29.6 Å². The molecular formula is C25H39NO. The number of benzene rings is 2. The van der Waals surface area contributed by atoms with Crippen LogP contribution in [0.1, 0.15) is 83.3 Å². The fourth-order valence-corrected chi connectivity index (χ4v) is 3.86. The van der Waals surface area contributed by atoms with E-state index in [9.17, 15) is 5.11 Å². The van der Waals surface area contributed by atoms with E-state index in [0.29, 0.717) is 0 Å². The molecule has 2 aromatic carbocycles. The minimum atomic E-state index is -0.384. The molecule has 0 saturated heterocycles. The molecule has 2 aromatic rings. The van der Waals surface area contributed by atoms with Gasteiger partial charge < -0.3 is 10.0 Å². The van der Waals surface area contributed by atoms with E-state index in [2.05, 4.69) is 61.2 Å². The van der Waals surface area contributed by atoms with Crippen LogP contribution in [0.2, 0.25) is 0 Å². The molecule has 150 valence electrons. The Morgan fingerprint density at radius 1 is 0.741 bits per heavy atom. The van der Waals surface area contributed by atoms with Crippen LogP contribution in [0.5, 0.6) is 0 Å². The first-order valence-corrected chi connectivity index (χ1v) is 11.1. The largest absolute Gasteiger partial charge is 0.388 e. The Bertz CT molecular complexity index is 622. The van der Waals surface area contributed by atoms with Crippen molar-refractivity contribution in [3.8, 4) is 0 Å². The molecule has 0 amide bonds. The monoisotopic (exact) mass is 369 g/mol. The van der Waals surface area contributed by atoms with Crippen LogP contribution in [0, 0.1) is 0 Å². The molecule has 0 aliphatic heterocycles. The quantitative estimate of drug-likeness (QED) is 0.373. The highest BCUT2D eigenvalue weighted by atomic mass is 16.3. The lowest BCUT2D eigenvalue weighted by atomic mass is 9.98. The van der Waals surface area contributed by atoms with Crippen molar-refractivity contribution in [1.82, 2.24) is 4.90 Å². The maximum atomic E-state index is 10.9. The van der Waals surface area contributed by atoms with Gasteiger partial charge in [0.25, 0.3) is 0 Å². The summed E-state index contributed by atoms with van der Waals surface area (Å²) in [6, 6.07) is 14.6. The number of hydrogen-bond donors (Lipinski definition) is 1. The third kappa shape index (κ3) is 7.63. The lowest BCUT2D eigenvalue weighted by molar-refractivity contribution is 0.141. The predicted octanol–water partition coefficient (Wildman–Crippen LogP) is 6.73. The van der Waals surface area contributed by atoms with Gasteiger partial charge in [0.15, 0.2) is 0 Å². The topological polar surface area (TPSA) is 23.5 Å². The number of aliphatic hydroxyl groups is 1. The van der Waals surface area contributed by atoms with Gasteiger partial charge in [-0.05, 0) is 48.7 Å². The Morgan fingerprint density at radius 3 is 2.04 bits per heavy atom. The third-order valence-electron chi connectivity index (χ3n) is 5.56. The lowest BCUT2D eigenvalue weighted by Crippen LogP contribution is -2.28. The molecule has 0 aliphatic carbocycles. The van der Waals surface area contributed by atoms with Crippen LogP contribution in [0.3, 0.4) is 0 Å². The van der Waals surface area contributed by atoms with E-state index in [1.165, 1.54) is 75.2 Å². The van der Waals surface area contributed by atoms with Crippen LogP contribution in [-0.2, 0) is 0 Å². The zero-order valence-corrected chi connectivity index (χ0v) is 17.5. The minimum Gasteiger partial charge on any atom is -0.388 e. The van der Waals surface area contributed by atoms with Crippen molar-refractivity contribution < 1.29 is 5.11 Å². The van der Waals surface area contributed by atoms with E-state index in [1.54, 1.807) is 0 Å². The second-order valence-electron chi connectivity index (χ2n) is 7.84. The molecule has 2 rings (SSSR count). The zero-order valence-electron chi connectivity index (χ0n) is 17.5. The van der Waals surface area contributed by atoms with Crippen LogP contribution in [0.4, 0.5) is 0 Å². The second-order valence-corrected chi connectivity index (χ2v) is 7.84. The summed E-state index contributed by atoms with van der Waals surface area (Å²) in [4.78, 5) is 2.58. The Labute approximate surface area is 166 Å². The molecule has 0 bridgehead atoms. The van der Waals surface area contributed by atoms with Crippen LogP contribution < -0.4 is 0 Å². The van der Waals surface area contributed by atoms with Gasteiger partial charge in [0, 0.05) is 6.54 Å². The van der Waals surface area contributed by atoms with Gasteiger partial charge in [-0.3, -0.25) is 0 Å². The summed E-state index contributed by atoms with van der Waals surface area (Å²) >= 11 is 0. The summed E-state index contributed by atoms with van der Waals surface area (Å²) in [5.74, 6) is 0. The molecule has 0 saturated carbocycles. The highest BCUT2D eigenvalue weighted by Gasteiger charge is 2.13. The van der Waals surface area contributed by atoms with E-state index < -0.39 is 0 Å². The van der Waals surface area contributed by atoms with Gasteiger partial charge in [0.2, 0.25) is 0 Å². The minimum absolute atomic E-state index is 0.384. The summed E-state index contributed by atoms with van der Waals surface area (Å²) < 4.78 is 0. The van der Waals surface area contributed by atoms with Gasteiger partial charge in [-0.15, -0.1) is 0 Å². The molecule has 2 heteroatoms. The Kier molecular flexibility index (Phi) is 10.5. The first-order valence-electron chi connectivity index (χ1n) is 11.1. The fourth-order valence-electron chi connectivity index (χ4n) is 3.86. The highest BCUT2D eigenvalue weighted by molar-refractivity contribution is 5.85. The van der Waals surface area contributed by atoms with Crippen molar-refractivity contribution in [3.63, 3.8) is 0 Å². The fraction of sp³-hybridized carbons (Fsp3) is 0.600. The zero-order chi connectivity index (χ0) is 19.3. The average Bonchev–Trinajstić information content (AvgIpc) is 2.71. The number of nitrogens with zero attached hydrogens (tertiary/aromatic N) is 1. The summed E-state index contributed by atoms with van der Waals surface area (Å²) in [7, 11) is 0. The van der Waals surface area contributed by atoms with E-state index in [-0.39, 0.29) is 6.10 Å². The molecule has 0 fully saturated rings. The van der Waals surface area contributed by atoms with Crippen molar-refractivity contribution >= 4 is 10.8 Å². The normalized spacial score (nSPS) is 12.7. The Hall–Kier alpha value is -1.38. The standard InChI is InChI=1S/C25H39NO/c1-3-5-7-11-19-26(20-12-8-6-4-2)21-18-25(27)24-17-13-15-22-14-9-10-16-23(22)24/h9-10,13-17,25,27H,3-8,11-12,18-21H2,1-2H3. The molecule has 2 nitrogen and oxygen atoms in total. The summed E-state index contributed by atoms with van der Waals surface area (Å²) in [5, 5.41) is 13.3. The Morgan fingerprint density at radius 2 is 1.37 bits per heavy atom. The number of hydrogen-bond acceptors (Lipinski definition) is 2. The van der Waals surface area contributed by atoms with Gasteiger partial charge in [0.05, 0.1) is 6.10 Å². The molecule has 0 radical (unpaired) electrons. The number of aliphatic hydroxyl groups excluding tert-OH is 1. The molecule has 27 heavy (non-hydrogen) atoms. The van der Waals surface area contributed by atoms with E-state index >= 15 is 0 Å². The SMILES string of the molecule is CCCCCCN(CCCCCC)CCC(O)c1cccc2ccccc12. The van der Waals surface area contributed by atoms with E-state index in [4.69, 9.17) is 0 Å². The number of unbranched alkanes of at least 4 members (excludes halogenated alkanes) is 6.